The Morgan fingerprint density at radius 3 is 2.32 bits per heavy atom. The number of methoxy groups -OCH3 is 1. The molecule has 1 aliphatic rings. The van der Waals surface area contributed by atoms with Crippen LogP contribution in [-0.2, 0) is 0 Å². The average molecular weight is 342 g/mol. The highest BCUT2D eigenvalue weighted by Crippen LogP contribution is 2.22. The van der Waals surface area contributed by atoms with Gasteiger partial charge in [-0.3, -0.25) is 4.79 Å². The van der Waals surface area contributed by atoms with E-state index in [2.05, 4.69) is 10.2 Å². The highest BCUT2D eigenvalue weighted by Gasteiger charge is 2.14. The number of nitrogens with zero attached hydrogens (tertiary/aromatic N) is 1. The highest BCUT2D eigenvalue weighted by molar-refractivity contribution is 6.04. The molecule has 1 aliphatic heterocycles. The van der Waals surface area contributed by atoms with Crippen molar-refractivity contribution in [2.24, 2.45) is 0 Å². The zero-order chi connectivity index (χ0) is 17.6. The van der Waals surface area contributed by atoms with E-state index in [9.17, 15) is 9.18 Å². The van der Waals surface area contributed by atoms with Gasteiger partial charge in [-0.1, -0.05) is 12.8 Å². The normalized spacial score (nSPS) is 14.7. The summed E-state index contributed by atoms with van der Waals surface area (Å²) >= 11 is 0. The number of hydrogen-bond acceptors (Lipinski definition) is 3. The van der Waals surface area contributed by atoms with Crippen molar-refractivity contribution in [1.29, 1.82) is 0 Å². The number of rotatable bonds is 4. The van der Waals surface area contributed by atoms with Gasteiger partial charge in [0.05, 0.1) is 12.7 Å². The van der Waals surface area contributed by atoms with Crippen LogP contribution in [0.5, 0.6) is 5.75 Å². The molecule has 0 atom stereocenters. The first-order valence-corrected chi connectivity index (χ1v) is 8.67. The van der Waals surface area contributed by atoms with Gasteiger partial charge in [-0.25, -0.2) is 4.39 Å². The molecule has 4 nitrogen and oxygen atoms in total. The molecule has 1 amide bonds. The molecule has 1 saturated heterocycles. The topological polar surface area (TPSA) is 41.6 Å². The molecule has 0 bridgehead atoms. The Labute approximate surface area is 147 Å². The van der Waals surface area contributed by atoms with E-state index in [0.29, 0.717) is 11.4 Å². The molecule has 0 saturated carbocycles. The van der Waals surface area contributed by atoms with Gasteiger partial charge in [0.1, 0.15) is 11.6 Å². The zero-order valence-corrected chi connectivity index (χ0v) is 14.4. The second-order valence-electron chi connectivity index (χ2n) is 6.25. The standard InChI is InChI=1S/C20H23FN2O2/c1-25-17-10-11-18(19(21)14-17)20(24)22-15-6-8-16(9-7-15)23-12-4-2-3-5-13-23/h6-11,14H,2-5,12-13H2,1H3,(H,22,24). The molecule has 3 rings (SSSR count). The molecule has 0 spiro atoms. The van der Waals surface area contributed by atoms with Crippen LogP contribution in [0.4, 0.5) is 15.8 Å². The van der Waals surface area contributed by atoms with E-state index in [4.69, 9.17) is 4.74 Å². The van der Waals surface area contributed by atoms with Crippen molar-refractivity contribution >= 4 is 17.3 Å². The van der Waals surface area contributed by atoms with Gasteiger partial charge in [0.25, 0.3) is 5.91 Å². The summed E-state index contributed by atoms with van der Waals surface area (Å²) in [6.45, 7) is 2.14. The first kappa shape index (κ1) is 17.3. The smallest absolute Gasteiger partial charge is 0.258 e. The van der Waals surface area contributed by atoms with Crippen molar-refractivity contribution in [2.75, 3.05) is 30.4 Å². The van der Waals surface area contributed by atoms with E-state index in [-0.39, 0.29) is 5.56 Å². The summed E-state index contributed by atoms with van der Waals surface area (Å²) in [4.78, 5) is 14.6. The fourth-order valence-electron chi connectivity index (χ4n) is 3.09. The van der Waals surface area contributed by atoms with Gasteiger partial charge in [0, 0.05) is 30.5 Å². The van der Waals surface area contributed by atoms with Crippen LogP contribution in [0, 0.1) is 5.82 Å². The van der Waals surface area contributed by atoms with Crippen LogP contribution in [0.25, 0.3) is 0 Å². The van der Waals surface area contributed by atoms with E-state index in [1.165, 1.54) is 44.9 Å². The number of ether oxygens (including phenoxy) is 1. The van der Waals surface area contributed by atoms with Crippen molar-refractivity contribution in [3.63, 3.8) is 0 Å². The summed E-state index contributed by atoms with van der Waals surface area (Å²) in [5, 5.41) is 2.74. The molecule has 1 heterocycles. The minimum atomic E-state index is -0.599. The lowest BCUT2D eigenvalue weighted by molar-refractivity contribution is 0.102. The van der Waals surface area contributed by atoms with Crippen molar-refractivity contribution in [1.82, 2.24) is 0 Å². The monoisotopic (exact) mass is 342 g/mol. The predicted molar refractivity (Wildman–Crippen MR) is 98.0 cm³/mol. The summed E-state index contributed by atoms with van der Waals surface area (Å²) in [5.74, 6) is -0.684. The minimum absolute atomic E-state index is 0.00241. The molecule has 2 aromatic rings. The molecular weight excluding hydrogens is 319 g/mol. The summed E-state index contributed by atoms with van der Waals surface area (Å²) in [6.07, 6.45) is 5.01. The molecule has 0 unspecified atom stereocenters. The molecule has 0 aliphatic carbocycles. The van der Waals surface area contributed by atoms with E-state index in [1.54, 1.807) is 6.07 Å². The highest BCUT2D eigenvalue weighted by atomic mass is 19.1. The van der Waals surface area contributed by atoms with Crippen LogP contribution >= 0.6 is 0 Å². The van der Waals surface area contributed by atoms with Gasteiger partial charge >= 0.3 is 0 Å². The first-order valence-electron chi connectivity index (χ1n) is 8.67. The second kappa shape index (κ2) is 8.01. The third-order valence-corrected chi connectivity index (χ3v) is 4.52. The molecule has 25 heavy (non-hydrogen) atoms. The largest absolute Gasteiger partial charge is 0.497 e. The molecule has 0 radical (unpaired) electrons. The Bertz CT molecular complexity index is 723. The van der Waals surface area contributed by atoms with Crippen LogP contribution in [0.1, 0.15) is 36.0 Å². The third kappa shape index (κ3) is 4.29. The van der Waals surface area contributed by atoms with E-state index in [1.807, 2.05) is 24.3 Å². The van der Waals surface area contributed by atoms with Crippen molar-refractivity contribution in [2.45, 2.75) is 25.7 Å². The fourth-order valence-corrected chi connectivity index (χ4v) is 3.09. The lowest BCUT2D eigenvalue weighted by atomic mass is 10.1. The molecule has 5 heteroatoms. The maximum atomic E-state index is 14.0. The molecule has 2 aromatic carbocycles. The number of hydrogen-bond donors (Lipinski definition) is 1. The van der Waals surface area contributed by atoms with Crippen LogP contribution in [0.3, 0.4) is 0 Å². The quantitative estimate of drug-likeness (QED) is 0.891. The lowest BCUT2D eigenvalue weighted by Crippen LogP contribution is -2.23. The summed E-state index contributed by atoms with van der Waals surface area (Å²) in [7, 11) is 1.46. The molecule has 132 valence electrons. The Hall–Kier alpha value is -2.56. The van der Waals surface area contributed by atoms with E-state index >= 15 is 0 Å². The molecular formula is C20H23FN2O2. The molecule has 0 aromatic heterocycles. The zero-order valence-electron chi connectivity index (χ0n) is 14.4. The number of nitrogens with one attached hydrogen (secondary N) is 1. The van der Waals surface area contributed by atoms with Crippen molar-refractivity contribution < 1.29 is 13.9 Å². The number of carbonyl (C=O) groups is 1. The Morgan fingerprint density at radius 1 is 1.04 bits per heavy atom. The van der Waals surface area contributed by atoms with Gasteiger partial charge in [-0.15, -0.1) is 0 Å². The number of halogens is 1. The van der Waals surface area contributed by atoms with Crippen LogP contribution < -0.4 is 15.0 Å². The summed E-state index contributed by atoms with van der Waals surface area (Å²) in [6, 6.07) is 11.9. The van der Waals surface area contributed by atoms with Gasteiger partial charge in [0.2, 0.25) is 0 Å². The van der Waals surface area contributed by atoms with E-state index < -0.39 is 11.7 Å². The van der Waals surface area contributed by atoms with Gasteiger partial charge in [0.15, 0.2) is 0 Å². The number of carbonyl (C=O) groups excluding carboxylic acids is 1. The fraction of sp³-hybridized carbons (Fsp3) is 0.350. The lowest BCUT2D eigenvalue weighted by Gasteiger charge is -2.22. The number of anilines is 2. The number of amides is 1. The summed E-state index contributed by atoms with van der Waals surface area (Å²) in [5.41, 5.74) is 1.81. The Balaban J connectivity index is 1.67. The maximum absolute atomic E-state index is 14.0. The third-order valence-electron chi connectivity index (χ3n) is 4.52. The summed E-state index contributed by atoms with van der Waals surface area (Å²) < 4.78 is 18.9. The van der Waals surface area contributed by atoms with Gasteiger partial charge in [-0.05, 0) is 49.2 Å². The first-order chi connectivity index (χ1) is 12.2. The Kier molecular flexibility index (Phi) is 5.53. The van der Waals surface area contributed by atoms with Gasteiger partial charge < -0.3 is 15.0 Å². The second-order valence-corrected chi connectivity index (χ2v) is 6.25. The van der Waals surface area contributed by atoms with Crippen molar-refractivity contribution in [3.8, 4) is 5.75 Å². The van der Waals surface area contributed by atoms with Crippen LogP contribution in [0.2, 0.25) is 0 Å². The van der Waals surface area contributed by atoms with E-state index in [0.717, 1.165) is 18.8 Å². The number of benzene rings is 2. The van der Waals surface area contributed by atoms with Crippen molar-refractivity contribution in [3.05, 3.63) is 53.8 Å². The maximum Gasteiger partial charge on any atom is 0.258 e. The SMILES string of the molecule is COc1ccc(C(=O)Nc2ccc(N3CCCCCC3)cc2)c(F)c1. The van der Waals surface area contributed by atoms with Crippen LogP contribution in [-0.4, -0.2) is 26.1 Å². The van der Waals surface area contributed by atoms with Crippen LogP contribution in [0.15, 0.2) is 42.5 Å². The molecule has 1 N–H and O–H groups in total. The minimum Gasteiger partial charge on any atom is -0.497 e. The van der Waals surface area contributed by atoms with Gasteiger partial charge in [-0.2, -0.15) is 0 Å². The Morgan fingerprint density at radius 2 is 1.72 bits per heavy atom. The average Bonchev–Trinajstić information content (AvgIpc) is 2.91. The predicted octanol–water partition coefficient (Wildman–Crippen LogP) is 4.47. The molecule has 1 fully saturated rings.